The molecular weight excluding hydrogens is 262 g/mol. The molecule has 2 fully saturated rings. The number of nitrogens with zero attached hydrogens (tertiary/aromatic N) is 1. The van der Waals surface area contributed by atoms with E-state index in [1.165, 1.54) is 12.8 Å². The summed E-state index contributed by atoms with van der Waals surface area (Å²) in [5.41, 5.74) is 6.00. The summed E-state index contributed by atoms with van der Waals surface area (Å²) in [6.07, 6.45) is 6.47. The first-order valence-corrected chi connectivity index (χ1v) is 9.11. The van der Waals surface area contributed by atoms with Crippen molar-refractivity contribution in [3.05, 3.63) is 0 Å². The summed E-state index contributed by atoms with van der Waals surface area (Å²) in [5, 5.41) is 3.68. The standard InChI is InChI=1S/C13H27N3O2S/c1-2-19(17,18)16-8-6-12(7-9-16)15-13-5-3-4-11(14)10-13/h11-13,15H,2-10,14H2,1H3. The van der Waals surface area contributed by atoms with E-state index in [2.05, 4.69) is 5.32 Å². The molecule has 0 amide bonds. The van der Waals surface area contributed by atoms with Crippen LogP contribution in [0.5, 0.6) is 0 Å². The highest BCUT2D eigenvalue weighted by Crippen LogP contribution is 2.20. The van der Waals surface area contributed by atoms with Crippen molar-refractivity contribution >= 4 is 10.0 Å². The average molecular weight is 289 g/mol. The minimum atomic E-state index is -3.00. The Morgan fingerprint density at radius 2 is 1.84 bits per heavy atom. The minimum Gasteiger partial charge on any atom is -0.328 e. The number of rotatable bonds is 4. The summed E-state index contributed by atoms with van der Waals surface area (Å²) >= 11 is 0. The number of nitrogens with two attached hydrogens (primary N) is 1. The van der Waals surface area contributed by atoms with Crippen LogP contribution < -0.4 is 11.1 Å². The van der Waals surface area contributed by atoms with Gasteiger partial charge in [0.2, 0.25) is 10.0 Å². The van der Waals surface area contributed by atoms with E-state index in [-0.39, 0.29) is 5.75 Å². The number of piperidine rings is 1. The third-order valence-corrected chi connectivity index (χ3v) is 6.28. The first-order chi connectivity index (χ1) is 9.01. The van der Waals surface area contributed by atoms with Gasteiger partial charge in [0.25, 0.3) is 0 Å². The van der Waals surface area contributed by atoms with Crippen LogP contribution in [-0.4, -0.2) is 49.7 Å². The van der Waals surface area contributed by atoms with Crippen molar-refractivity contribution in [3.63, 3.8) is 0 Å². The van der Waals surface area contributed by atoms with E-state index in [9.17, 15) is 8.42 Å². The smallest absolute Gasteiger partial charge is 0.213 e. The van der Waals surface area contributed by atoms with Gasteiger partial charge in [0, 0.05) is 31.2 Å². The molecule has 0 aromatic carbocycles. The molecule has 0 aromatic rings. The van der Waals surface area contributed by atoms with Crippen LogP contribution >= 0.6 is 0 Å². The maximum atomic E-state index is 11.8. The molecule has 0 aromatic heterocycles. The number of nitrogens with one attached hydrogen (secondary N) is 1. The van der Waals surface area contributed by atoms with Gasteiger partial charge >= 0.3 is 0 Å². The molecule has 2 unspecified atom stereocenters. The summed E-state index contributed by atoms with van der Waals surface area (Å²) < 4.78 is 25.2. The molecule has 112 valence electrons. The van der Waals surface area contributed by atoms with Crippen molar-refractivity contribution in [2.75, 3.05) is 18.8 Å². The maximum absolute atomic E-state index is 11.8. The second-order valence-corrected chi connectivity index (χ2v) is 8.12. The molecule has 2 aliphatic rings. The molecule has 2 atom stereocenters. The first-order valence-electron chi connectivity index (χ1n) is 7.50. The zero-order chi connectivity index (χ0) is 13.9. The summed E-state index contributed by atoms with van der Waals surface area (Å²) in [5.74, 6) is 0.211. The van der Waals surface area contributed by atoms with Crippen LogP contribution in [0.2, 0.25) is 0 Å². The third-order valence-electron chi connectivity index (χ3n) is 4.40. The molecule has 1 heterocycles. The number of sulfonamides is 1. The largest absolute Gasteiger partial charge is 0.328 e. The topological polar surface area (TPSA) is 75.4 Å². The van der Waals surface area contributed by atoms with Gasteiger partial charge in [-0.2, -0.15) is 0 Å². The Morgan fingerprint density at radius 3 is 2.42 bits per heavy atom. The van der Waals surface area contributed by atoms with Crippen LogP contribution in [0.3, 0.4) is 0 Å². The Balaban J connectivity index is 1.77. The van der Waals surface area contributed by atoms with Gasteiger partial charge in [0.15, 0.2) is 0 Å². The van der Waals surface area contributed by atoms with Crippen molar-refractivity contribution in [2.24, 2.45) is 5.73 Å². The van der Waals surface area contributed by atoms with Crippen molar-refractivity contribution in [1.82, 2.24) is 9.62 Å². The lowest BCUT2D eigenvalue weighted by Crippen LogP contribution is -2.50. The van der Waals surface area contributed by atoms with Crippen LogP contribution in [0.15, 0.2) is 0 Å². The van der Waals surface area contributed by atoms with Gasteiger partial charge < -0.3 is 11.1 Å². The second kappa shape index (κ2) is 6.52. The number of hydrogen-bond acceptors (Lipinski definition) is 4. The van der Waals surface area contributed by atoms with Gasteiger partial charge in [0.05, 0.1) is 5.75 Å². The lowest BCUT2D eigenvalue weighted by atomic mass is 9.90. The average Bonchev–Trinajstić information content (AvgIpc) is 2.39. The van der Waals surface area contributed by atoms with Crippen molar-refractivity contribution < 1.29 is 8.42 Å². The summed E-state index contributed by atoms with van der Waals surface area (Å²) in [6, 6.07) is 1.33. The molecule has 6 heteroatoms. The van der Waals surface area contributed by atoms with E-state index in [4.69, 9.17) is 5.73 Å². The van der Waals surface area contributed by atoms with E-state index in [0.717, 1.165) is 25.7 Å². The van der Waals surface area contributed by atoms with E-state index >= 15 is 0 Å². The minimum absolute atomic E-state index is 0.211. The highest BCUT2D eigenvalue weighted by Gasteiger charge is 2.28. The van der Waals surface area contributed by atoms with E-state index < -0.39 is 10.0 Å². The predicted molar refractivity (Wildman–Crippen MR) is 77.4 cm³/mol. The Kier molecular flexibility index (Phi) is 5.22. The number of hydrogen-bond donors (Lipinski definition) is 2. The molecule has 19 heavy (non-hydrogen) atoms. The normalized spacial score (nSPS) is 31.5. The molecule has 2 rings (SSSR count). The maximum Gasteiger partial charge on any atom is 0.213 e. The molecule has 1 aliphatic heterocycles. The SMILES string of the molecule is CCS(=O)(=O)N1CCC(NC2CCCC(N)C2)CC1. The van der Waals surface area contributed by atoms with Gasteiger partial charge in [-0.3, -0.25) is 0 Å². The zero-order valence-corrected chi connectivity index (χ0v) is 12.7. The first kappa shape index (κ1) is 15.2. The summed E-state index contributed by atoms with van der Waals surface area (Å²) in [6.45, 7) is 3.03. The van der Waals surface area contributed by atoms with E-state index in [1.807, 2.05) is 0 Å². The molecule has 1 saturated heterocycles. The Hall–Kier alpha value is -0.170. The van der Waals surface area contributed by atoms with Crippen molar-refractivity contribution in [1.29, 1.82) is 0 Å². The Labute approximate surface area is 117 Å². The van der Waals surface area contributed by atoms with Crippen LogP contribution in [0.4, 0.5) is 0 Å². The van der Waals surface area contributed by atoms with Crippen LogP contribution in [0, 0.1) is 0 Å². The highest BCUT2D eigenvalue weighted by atomic mass is 32.2. The fourth-order valence-corrected chi connectivity index (χ4v) is 4.33. The van der Waals surface area contributed by atoms with Crippen LogP contribution in [0.1, 0.15) is 45.4 Å². The van der Waals surface area contributed by atoms with Gasteiger partial charge in [-0.1, -0.05) is 6.42 Å². The lowest BCUT2D eigenvalue weighted by molar-refractivity contribution is 0.245. The fourth-order valence-electron chi connectivity index (χ4n) is 3.20. The monoisotopic (exact) mass is 289 g/mol. The van der Waals surface area contributed by atoms with Gasteiger partial charge in [0.1, 0.15) is 0 Å². The fraction of sp³-hybridized carbons (Fsp3) is 1.00. The van der Waals surface area contributed by atoms with Crippen molar-refractivity contribution in [3.8, 4) is 0 Å². The third kappa shape index (κ3) is 4.15. The van der Waals surface area contributed by atoms with Gasteiger partial charge in [-0.15, -0.1) is 0 Å². The second-order valence-electron chi connectivity index (χ2n) is 5.86. The Bertz CT molecular complexity index is 377. The van der Waals surface area contributed by atoms with Crippen LogP contribution in [-0.2, 0) is 10.0 Å². The van der Waals surface area contributed by atoms with E-state index in [1.54, 1.807) is 11.2 Å². The molecule has 0 spiro atoms. The molecule has 1 saturated carbocycles. The van der Waals surface area contributed by atoms with Crippen molar-refractivity contribution in [2.45, 2.75) is 63.6 Å². The molecule has 3 N–H and O–H groups in total. The van der Waals surface area contributed by atoms with E-state index in [0.29, 0.717) is 31.2 Å². The summed E-state index contributed by atoms with van der Waals surface area (Å²) in [4.78, 5) is 0. The molecule has 1 aliphatic carbocycles. The lowest BCUT2D eigenvalue weighted by Gasteiger charge is -2.36. The molecule has 0 radical (unpaired) electrons. The molecule has 0 bridgehead atoms. The Morgan fingerprint density at radius 1 is 1.16 bits per heavy atom. The van der Waals surface area contributed by atoms with Gasteiger partial charge in [-0.25, -0.2) is 12.7 Å². The summed E-state index contributed by atoms with van der Waals surface area (Å²) in [7, 11) is -3.00. The van der Waals surface area contributed by atoms with Gasteiger partial charge in [-0.05, 0) is 39.0 Å². The zero-order valence-electron chi connectivity index (χ0n) is 11.8. The predicted octanol–water partition coefficient (Wildman–Crippen LogP) is 0.660. The molecule has 5 nitrogen and oxygen atoms in total. The molecular formula is C13H27N3O2S. The quantitative estimate of drug-likeness (QED) is 0.797. The van der Waals surface area contributed by atoms with Crippen LogP contribution in [0.25, 0.3) is 0 Å². The highest BCUT2D eigenvalue weighted by molar-refractivity contribution is 7.89.